The van der Waals surface area contributed by atoms with Gasteiger partial charge >= 0.3 is 0 Å². The minimum Gasteiger partial charge on any atom is -0.492 e. The molecule has 1 heterocycles. The van der Waals surface area contributed by atoms with E-state index in [1.165, 1.54) is 13.2 Å². The van der Waals surface area contributed by atoms with Crippen molar-refractivity contribution in [2.45, 2.75) is 6.92 Å². The predicted molar refractivity (Wildman–Crippen MR) is 49.3 cm³/mol. The molecular weight excluding hydrogens is 182 g/mol. The first-order chi connectivity index (χ1) is 6.63. The van der Waals surface area contributed by atoms with Crippen LogP contribution >= 0.6 is 0 Å². The summed E-state index contributed by atoms with van der Waals surface area (Å²) in [5, 5.41) is 0. The van der Waals surface area contributed by atoms with Crippen LogP contribution in [0.2, 0.25) is 0 Å². The fourth-order valence-corrected chi connectivity index (χ4v) is 1.50. The molecule has 1 N–H and O–H groups in total. The van der Waals surface area contributed by atoms with Gasteiger partial charge in [-0.05, 0) is 13.0 Å². The van der Waals surface area contributed by atoms with Crippen LogP contribution in [0.3, 0.4) is 0 Å². The number of aromatic amines is 1. The van der Waals surface area contributed by atoms with Gasteiger partial charge in [0.15, 0.2) is 5.76 Å². The normalized spacial score (nSPS) is 15.1. The first-order valence-electron chi connectivity index (χ1n) is 4.18. The summed E-state index contributed by atoms with van der Waals surface area (Å²) in [4.78, 5) is 26.0. The molecule has 0 atom stereocenters. The molecule has 4 heteroatoms. The van der Waals surface area contributed by atoms with E-state index in [9.17, 15) is 9.59 Å². The summed E-state index contributed by atoms with van der Waals surface area (Å²) in [6.07, 6.45) is 1.21. The van der Waals surface area contributed by atoms with Crippen molar-refractivity contribution in [2.24, 2.45) is 0 Å². The van der Waals surface area contributed by atoms with Crippen molar-refractivity contribution in [3.8, 4) is 0 Å². The average molecular weight is 191 g/mol. The number of aryl methyl sites for hydroxylation is 1. The van der Waals surface area contributed by atoms with Crippen molar-refractivity contribution in [3.63, 3.8) is 0 Å². The highest BCUT2D eigenvalue weighted by atomic mass is 16.5. The number of rotatable bonds is 1. The molecule has 0 unspecified atom stereocenters. The van der Waals surface area contributed by atoms with Crippen molar-refractivity contribution in [1.82, 2.24) is 4.98 Å². The third-order valence-corrected chi connectivity index (χ3v) is 2.15. The van der Waals surface area contributed by atoms with Gasteiger partial charge in [0.25, 0.3) is 0 Å². The van der Waals surface area contributed by atoms with E-state index in [4.69, 9.17) is 4.74 Å². The van der Waals surface area contributed by atoms with Gasteiger partial charge in [-0.1, -0.05) is 0 Å². The summed E-state index contributed by atoms with van der Waals surface area (Å²) in [5.74, 6) is -0.363. The average Bonchev–Trinajstić information content (AvgIpc) is 2.54. The Labute approximate surface area is 80.6 Å². The molecule has 0 fully saturated rings. The highest BCUT2D eigenvalue weighted by molar-refractivity contribution is 6.23. The lowest BCUT2D eigenvalue weighted by Gasteiger charge is -2.09. The summed E-state index contributed by atoms with van der Waals surface area (Å²) >= 11 is 0. The number of Topliss-reactive ketones (excluding diaryl/α,β-unsaturated/α-hetero) is 1. The van der Waals surface area contributed by atoms with Crippen LogP contribution in [0.25, 0.3) is 0 Å². The maximum atomic E-state index is 11.6. The minimum absolute atomic E-state index is 0.0986. The zero-order valence-corrected chi connectivity index (χ0v) is 7.88. The summed E-state index contributed by atoms with van der Waals surface area (Å²) in [6, 6.07) is 1.65. The highest BCUT2D eigenvalue weighted by Crippen LogP contribution is 2.21. The van der Waals surface area contributed by atoms with E-state index < -0.39 is 0 Å². The van der Waals surface area contributed by atoms with Crippen molar-refractivity contribution >= 4 is 11.6 Å². The molecule has 0 radical (unpaired) electrons. The number of carbonyl (C=O) groups excluding carboxylic acids is 2. The molecular formula is C10H9NO3. The number of H-pyrrole nitrogens is 1. The largest absolute Gasteiger partial charge is 0.492 e. The number of ether oxygens (including phenoxy) is 1. The van der Waals surface area contributed by atoms with E-state index in [1.54, 1.807) is 13.0 Å². The lowest BCUT2D eigenvalue weighted by Crippen LogP contribution is -2.16. The van der Waals surface area contributed by atoms with Gasteiger partial charge in [0.05, 0.1) is 18.4 Å². The zero-order chi connectivity index (χ0) is 10.3. The van der Waals surface area contributed by atoms with Crippen molar-refractivity contribution in [1.29, 1.82) is 0 Å². The van der Waals surface area contributed by atoms with E-state index in [0.717, 1.165) is 5.69 Å². The Bertz CT molecular complexity index is 454. The van der Waals surface area contributed by atoms with E-state index in [2.05, 4.69) is 4.98 Å². The molecule has 0 spiro atoms. The van der Waals surface area contributed by atoms with E-state index >= 15 is 0 Å². The second-order valence-electron chi connectivity index (χ2n) is 3.15. The topological polar surface area (TPSA) is 59.2 Å². The molecule has 14 heavy (non-hydrogen) atoms. The highest BCUT2D eigenvalue weighted by Gasteiger charge is 2.27. The molecule has 0 bridgehead atoms. The number of hydrogen-bond donors (Lipinski definition) is 1. The third kappa shape index (κ3) is 1.08. The Balaban J connectivity index is 2.59. The Kier molecular flexibility index (Phi) is 1.77. The molecule has 1 aromatic heterocycles. The summed E-state index contributed by atoms with van der Waals surface area (Å²) < 4.78 is 4.82. The number of ketones is 2. The Morgan fingerprint density at radius 3 is 2.71 bits per heavy atom. The van der Waals surface area contributed by atoms with Crippen LogP contribution in [-0.2, 0) is 4.74 Å². The molecule has 1 aliphatic rings. The Morgan fingerprint density at radius 2 is 2.07 bits per heavy atom. The fraction of sp³-hybridized carbons (Fsp3) is 0.200. The van der Waals surface area contributed by atoms with Crippen LogP contribution in [0.5, 0.6) is 0 Å². The molecule has 1 aliphatic carbocycles. The van der Waals surface area contributed by atoms with Crippen molar-refractivity contribution in [3.05, 3.63) is 34.9 Å². The van der Waals surface area contributed by atoms with Gasteiger partial charge < -0.3 is 9.72 Å². The van der Waals surface area contributed by atoms with Crippen LogP contribution in [0.15, 0.2) is 17.9 Å². The second kappa shape index (κ2) is 2.83. The lowest BCUT2D eigenvalue weighted by molar-refractivity contribution is 0.0915. The van der Waals surface area contributed by atoms with Gasteiger partial charge in [0.1, 0.15) is 0 Å². The van der Waals surface area contributed by atoms with Crippen LogP contribution < -0.4 is 0 Å². The van der Waals surface area contributed by atoms with Crippen LogP contribution in [0.1, 0.15) is 26.5 Å². The maximum Gasteiger partial charge on any atom is 0.229 e. The summed E-state index contributed by atoms with van der Waals surface area (Å²) in [7, 11) is 1.38. The van der Waals surface area contributed by atoms with Crippen LogP contribution in [-0.4, -0.2) is 23.7 Å². The zero-order valence-electron chi connectivity index (χ0n) is 7.88. The number of aromatic nitrogens is 1. The van der Waals surface area contributed by atoms with Gasteiger partial charge in [0.2, 0.25) is 11.6 Å². The smallest absolute Gasteiger partial charge is 0.229 e. The molecule has 2 rings (SSSR count). The Morgan fingerprint density at radius 1 is 1.36 bits per heavy atom. The lowest BCUT2D eigenvalue weighted by atomic mass is 10.0. The summed E-state index contributed by atoms with van der Waals surface area (Å²) in [5.41, 5.74) is 1.54. The number of hydrogen-bond acceptors (Lipinski definition) is 3. The number of allylic oxidation sites excluding steroid dienone is 2. The van der Waals surface area contributed by atoms with Crippen molar-refractivity contribution < 1.29 is 14.3 Å². The van der Waals surface area contributed by atoms with Gasteiger partial charge in [-0.2, -0.15) is 0 Å². The van der Waals surface area contributed by atoms with E-state index in [0.29, 0.717) is 11.3 Å². The first kappa shape index (κ1) is 8.74. The number of methoxy groups -OCH3 is 1. The van der Waals surface area contributed by atoms with Crippen LogP contribution in [0.4, 0.5) is 0 Å². The third-order valence-electron chi connectivity index (χ3n) is 2.15. The Hall–Kier alpha value is -1.84. The van der Waals surface area contributed by atoms with E-state index in [-0.39, 0.29) is 17.3 Å². The molecule has 0 saturated carbocycles. The van der Waals surface area contributed by atoms with Gasteiger partial charge in [-0.15, -0.1) is 0 Å². The monoisotopic (exact) mass is 191 g/mol. The molecule has 0 aromatic carbocycles. The fourth-order valence-electron chi connectivity index (χ4n) is 1.50. The quantitative estimate of drug-likeness (QED) is 0.726. The molecule has 1 aromatic rings. The minimum atomic E-state index is -0.244. The second-order valence-corrected chi connectivity index (χ2v) is 3.15. The first-order valence-corrected chi connectivity index (χ1v) is 4.18. The molecule has 4 nitrogen and oxygen atoms in total. The number of nitrogens with one attached hydrogen (secondary N) is 1. The molecule has 0 saturated heterocycles. The summed E-state index contributed by atoms with van der Waals surface area (Å²) in [6.45, 7) is 1.80. The van der Waals surface area contributed by atoms with Gasteiger partial charge in [-0.3, -0.25) is 9.59 Å². The van der Waals surface area contributed by atoms with Crippen LogP contribution in [0, 0.1) is 6.92 Å². The SMILES string of the molecule is COC1=CC(=O)c2[nH]c(C)cc2C1=O. The number of fused-ring (bicyclic) bond motifs is 1. The van der Waals surface area contributed by atoms with Gasteiger partial charge in [-0.25, -0.2) is 0 Å². The molecule has 72 valence electrons. The van der Waals surface area contributed by atoms with Crippen molar-refractivity contribution in [2.75, 3.05) is 7.11 Å². The maximum absolute atomic E-state index is 11.6. The molecule has 0 amide bonds. The molecule has 0 aliphatic heterocycles. The standard InChI is InChI=1S/C10H9NO3/c1-5-3-6-9(11-5)7(12)4-8(14-2)10(6)13/h3-4,11H,1-2H3. The van der Waals surface area contributed by atoms with E-state index in [1.807, 2.05) is 0 Å². The van der Waals surface area contributed by atoms with Gasteiger partial charge in [0, 0.05) is 11.8 Å². The number of carbonyl (C=O) groups is 2. The predicted octanol–water partition coefficient (Wildman–Crippen LogP) is 1.23.